The molecule has 422 valence electrons. The van der Waals surface area contributed by atoms with Gasteiger partial charge in [0.25, 0.3) is 0 Å². The van der Waals surface area contributed by atoms with Crippen LogP contribution in [0.25, 0.3) is 0 Å². The third-order valence-electron chi connectivity index (χ3n) is 13.0. The van der Waals surface area contributed by atoms with Crippen molar-refractivity contribution >= 4 is 17.9 Å². The highest BCUT2D eigenvalue weighted by atomic mass is 16.6. The Morgan fingerprint density at radius 1 is 0.284 bits per heavy atom. The lowest BCUT2D eigenvalue weighted by atomic mass is 10.0. The second kappa shape index (κ2) is 61.6. The van der Waals surface area contributed by atoms with Crippen LogP contribution >= 0.6 is 0 Å². The number of hydrogen-bond acceptors (Lipinski definition) is 6. The van der Waals surface area contributed by atoms with Gasteiger partial charge in [-0.2, -0.15) is 0 Å². The highest BCUT2D eigenvalue weighted by Gasteiger charge is 2.19. The Kier molecular flexibility index (Phi) is 58.3. The molecule has 0 fully saturated rings. The van der Waals surface area contributed by atoms with Crippen molar-refractivity contribution in [2.24, 2.45) is 0 Å². The maximum absolute atomic E-state index is 12.9. The summed E-state index contributed by atoms with van der Waals surface area (Å²) < 4.78 is 16.8. The van der Waals surface area contributed by atoms with Crippen LogP contribution in [0.15, 0.2) is 109 Å². The summed E-state index contributed by atoms with van der Waals surface area (Å²) in [6.07, 6.45) is 83.8. The number of allylic oxidation sites excluding steroid dienone is 18. The molecule has 6 heteroatoms. The molecule has 0 rings (SSSR count). The zero-order chi connectivity index (χ0) is 53.6. The lowest BCUT2D eigenvalue weighted by Gasteiger charge is -2.18. The number of carbonyl (C=O) groups excluding carboxylic acids is 3. The molecular weight excluding hydrogens is 913 g/mol. The molecule has 0 aliphatic rings. The zero-order valence-electron chi connectivity index (χ0n) is 48.3. The van der Waals surface area contributed by atoms with Gasteiger partial charge in [0.15, 0.2) is 6.10 Å². The second-order valence-corrected chi connectivity index (χ2v) is 20.2. The van der Waals surface area contributed by atoms with E-state index >= 15 is 0 Å². The number of hydrogen-bond donors (Lipinski definition) is 0. The summed E-state index contributed by atoms with van der Waals surface area (Å²) >= 11 is 0. The highest BCUT2D eigenvalue weighted by Crippen LogP contribution is 2.16. The SMILES string of the molecule is CC/C=C\C/C=C\C/C=C\C/C=C\C/C=C\C/C=C\CCC(=O)OC[C@@H](COC(=O)CCCCCCCCCCCCCCCCCCCC)OC(=O)CCCCCCCC/C=C\C/C=C\C/C=C\CCCCC. The fourth-order valence-electron chi connectivity index (χ4n) is 8.42. The smallest absolute Gasteiger partial charge is 0.306 e. The third kappa shape index (κ3) is 59.0. The number of unbranched alkanes of at least 4 members (excludes halogenated alkanes) is 26. The molecule has 0 unspecified atom stereocenters. The number of esters is 3. The Balaban J connectivity index is 4.51. The maximum atomic E-state index is 12.9. The highest BCUT2D eigenvalue weighted by molar-refractivity contribution is 5.71. The van der Waals surface area contributed by atoms with E-state index in [0.29, 0.717) is 19.3 Å². The largest absolute Gasteiger partial charge is 0.462 e. The van der Waals surface area contributed by atoms with E-state index in [1.54, 1.807) is 0 Å². The monoisotopic (exact) mass is 1030 g/mol. The van der Waals surface area contributed by atoms with Crippen LogP contribution in [-0.2, 0) is 28.6 Å². The van der Waals surface area contributed by atoms with Crippen LogP contribution in [0.1, 0.15) is 284 Å². The van der Waals surface area contributed by atoms with Gasteiger partial charge in [0.2, 0.25) is 0 Å². The summed E-state index contributed by atoms with van der Waals surface area (Å²) in [6.45, 7) is 6.45. The van der Waals surface area contributed by atoms with E-state index in [-0.39, 0.29) is 37.5 Å². The van der Waals surface area contributed by atoms with Crippen molar-refractivity contribution in [3.63, 3.8) is 0 Å². The molecule has 6 nitrogen and oxygen atoms in total. The van der Waals surface area contributed by atoms with E-state index in [1.807, 2.05) is 6.08 Å². The molecule has 0 heterocycles. The summed E-state index contributed by atoms with van der Waals surface area (Å²) in [5, 5.41) is 0. The van der Waals surface area contributed by atoms with Gasteiger partial charge < -0.3 is 14.2 Å². The molecule has 0 amide bonds. The van der Waals surface area contributed by atoms with E-state index in [2.05, 4.69) is 124 Å². The van der Waals surface area contributed by atoms with Gasteiger partial charge in [-0.1, -0.05) is 278 Å². The standard InChI is InChI=1S/C68H114O6/c1-4-7-10-13-16-19-22-25-28-31-34-37-40-43-46-49-52-55-58-61-67(70)73-64-65(63-72-66(69)60-57-54-51-48-45-42-39-36-33-30-27-24-21-18-15-12-9-6-3)74-68(71)62-59-56-53-50-47-44-41-38-35-32-29-26-23-20-17-14-11-8-5-2/h7,10,16-17,19-20,25-26,28-29,34-35,37-38,43,46,52,55,65H,4-6,8-9,11-15,18,21-24,27,30-33,36,39-42,44-45,47-51,53-54,56-64H2,1-3H3/b10-7-,19-16-,20-17-,28-25-,29-26-,37-34-,38-35-,46-43-,55-52-/t65-/m1/s1. The van der Waals surface area contributed by atoms with Crippen molar-refractivity contribution in [1.82, 2.24) is 0 Å². The molecule has 0 saturated carbocycles. The minimum atomic E-state index is -0.817. The van der Waals surface area contributed by atoms with E-state index in [1.165, 1.54) is 135 Å². The van der Waals surface area contributed by atoms with Crippen molar-refractivity contribution in [2.45, 2.75) is 290 Å². The van der Waals surface area contributed by atoms with Crippen molar-refractivity contribution in [3.05, 3.63) is 109 Å². The minimum absolute atomic E-state index is 0.106. The maximum Gasteiger partial charge on any atom is 0.306 e. The number of carbonyl (C=O) groups is 3. The Bertz CT molecular complexity index is 1510. The first-order valence-corrected chi connectivity index (χ1v) is 30.9. The average molecular weight is 1030 g/mol. The third-order valence-corrected chi connectivity index (χ3v) is 13.0. The Labute approximate surface area is 457 Å². The van der Waals surface area contributed by atoms with E-state index < -0.39 is 6.10 Å². The van der Waals surface area contributed by atoms with Crippen molar-refractivity contribution in [1.29, 1.82) is 0 Å². The molecule has 0 aromatic heterocycles. The number of ether oxygens (including phenoxy) is 3. The first-order valence-electron chi connectivity index (χ1n) is 30.9. The fraction of sp³-hybridized carbons (Fsp3) is 0.691. The topological polar surface area (TPSA) is 78.9 Å². The fourth-order valence-corrected chi connectivity index (χ4v) is 8.42. The minimum Gasteiger partial charge on any atom is -0.462 e. The Morgan fingerprint density at radius 2 is 0.554 bits per heavy atom. The molecule has 0 spiro atoms. The van der Waals surface area contributed by atoms with Gasteiger partial charge in [-0.25, -0.2) is 0 Å². The first-order chi connectivity index (χ1) is 36.5. The molecule has 0 saturated heterocycles. The molecule has 1 atom stereocenters. The predicted octanol–water partition coefficient (Wildman–Crippen LogP) is 21.0. The summed E-state index contributed by atoms with van der Waals surface area (Å²) in [7, 11) is 0. The molecule has 0 aromatic rings. The Morgan fingerprint density at radius 3 is 0.932 bits per heavy atom. The van der Waals surface area contributed by atoms with E-state index in [9.17, 15) is 14.4 Å². The van der Waals surface area contributed by atoms with Crippen LogP contribution in [-0.4, -0.2) is 37.2 Å². The Hall–Kier alpha value is -3.93. The van der Waals surface area contributed by atoms with Crippen LogP contribution in [0.3, 0.4) is 0 Å². The first kappa shape index (κ1) is 70.1. The lowest BCUT2D eigenvalue weighted by molar-refractivity contribution is -0.166. The van der Waals surface area contributed by atoms with Gasteiger partial charge in [0, 0.05) is 19.3 Å². The van der Waals surface area contributed by atoms with E-state index in [4.69, 9.17) is 14.2 Å². The normalized spacial score (nSPS) is 12.9. The van der Waals surface area contributed by atoms with Gasteiger partial charge >= 0.3 is 17.9 Å². The van der Waals surface area contributed by atoms with Crippen LogP contribution < -0.4 is 0 Å². The molecule has 0 aromatic carbocycles. The van der Waals surface area contributed by atoms with Gasteiger partial charge in [-0.05, 0) is 96.3 Å². The second-order valence-electron chi connectivity index (χ2n) is 20.2. The van der Waals surface area contributed by atoms with Crippen LogP contribution in [0.2, 0.25) is 0 Å². The molecule has 74 heavy (non-hydrogen) atoms. The predicted molar refractivity (Wildman–Crippen MR) is 320 cm³/mol. The molecular formula is C68H114O6. The summed E-state index contributed by atoms with van der Waals surface area (Å²) in [5.74, 6) is -0.999. The molecule has 0 aliphatic heterocycles. The van der Waals surface area contributed by atoms with Gasteiger partial charge in [0.1, 0.15) is 13.2 Å². The molecule has 0 radical (unpaired) electrons. The lowest BCUT2D eigenvalue weighted by Crippen LogP contribution is -2.30. The van der Waals surface area contributed by atoms with E-state index in [0.717, 1.165) is 103 Å². The van der Waals surface area contributed by atoms with Crippen molar-refractivity contribution in [3.8, 4) is 0 Å². The van der Waals surface area contributed by atoms with Crippen molar-refractivity contribution in [2.75, 3.05) is 13.2 Å². The van der Waals surface area contributed by atoms with Gasteiger partial charge in [-0.15, -0.1) is 0 Å². The van der Waals surface area contributed by atoms with Crippen LogP contribution in [0.5, 0.6) is 0 Å². The summed E-state index contributed by atoms with van der Waals surface area (Å²) in [5.41, 5.74) is 0. The van der Waals surface area contributed by atoms with Crippen LogP contribution in [0.4, 0.5) is 0 Å². The molecule has 0 bridgehead atoms. The zero-order valence-corrected chi connectivity index (χ0v) is 48.3. The molecule has 0 N–H and O–H groups in total. The summed E-state index contributed by atoms with van der Waals surface area (Å²) in [6, 6.07) is 0. The quantitative estimate of drug-likeness (QED) is 0.0261. The number of rotatable bonds is 55. The van der Waals surface area contributed by atoms with Crippen molar-refractivity contribution < 1.29 is 28.6 Å². The summed E-state index contributed by atoms with van der Waals surface area (Å²) in [4.78, 5) is 38.3. The average Bonchev–Trinajstić information content (AvgIpc) is 3.40. The molecule has 0 aliphatic carbocycles. The van der Waals surface area contributed by atoms with Gasteiger partial charge in [0.05, 0.1) is 0 Å². The van der Waals surface area contributed by atoms with Gasteiger partial charge in [-0.3, -0.25) is 14.4 Å². The van der Waals surface area contributed by atoms with Crippen LogP contribution in [0, 0.1) is 0 Å².